The van der Waals surface area contributed by atoms with Crippen molar-refractivity contribution >= 4 is 0 Å². The minimum Gasteiger partial charge on any atom is -0.491 e. The van der Waals surface area contributed by atoms with E-state index in [1.807, 2.05) is 0 Å². The molecule has 0 aliphatic rings. The number of ether oxygens (including phenoxy) is 6. The third-order valence-electron chi connectivity index (χ3n) is 3.26. The average molecular weight is 390 g/mol. The molecule has 0 saturated carbocycles. The van der Waals surface area contributed by atoms with Gasteiger partial charge in [-0.3, -0.25) is 0 Å². The Morgan fingerprint density at radius 3 is 1.04 bits per heavy atom. The Kier molecular flexibility index (Phi) is 11.7. The molecule has 3 atom stereocenters. The summed E-state index contributed by atoms with van der Waals surface area (Å²) in [6, 6.07) is 4.83. The van der Waals surface area contributed by atoms with Crippen LogP contribution in [-0.2, 0) is 14.2 Å². The van der Waals surface area contributed by atoms with Crippen LogP contribution in [0.25, 0.3) is 0 Å². The number of methoxy groups -OCH3 is 3. The van der Waals surface area contributed by atoms with Crippen molar-refractivity contribution in [3.8, 4) is 17.2 Å². The Balaban J connectivity index is 2.76. The summed E-state index contributed by atoms with van der Waals surface area (Å²) in [5, 5.41) is 29.1. The smallest absolute Gasteiger partial charge is 0.126 e. The average Bonchev–Trinajstić information content (AvgIpc) is 2.64. The van der Waals surface area contributed by atoms with Crippen LogP contribution in [0.4, 0.5) is 0 Å². The minimum atomic E-state index is -0.781. The van der Waals surface area contributed by atoms with Crippen molar-refractivity contribution in [2.45, 2.75) is 18.3 Å². The van der Waals surface area contributed by atoms with Crippen LogP contribution < -0.4 is 14.2 Å². The van der Waals surface area contributed by atoms with Crippen LogP contribution >= 0.6 is 0 Å². The highest BCUT2D eigenvalue weighted by Crippen LogP contribution is 2.28. The maximum atomic E-state index is 9.71. The molecule has 0 aliphatic heterocycles. The summed E-state index contributed by atoms with van der Waals surface area (Å²) >= 11 is 0. The SMILES string of the molecule is COCC(O)COc1cc(OCC(O)COC)cc(OCC(O)COC)c1. The van der Waals surface area contributed by atoms with Crippen molar-refractivity contribution in [1.82, 2.24) is 0 Å². The van der Waals surface area contributed by atoms with E-state index in [1.54, 1.807) is 18.2 Å². The van der Waals surface area contributed by atoms with Crippen molar-refractivity contribution in [2.75, 3.05) is 61.0 Å². The van der Waals surface area contributed by atoms with Gasteiger partial charge in [-0.1, -0.05) is 0 Å². The van der Waals surface area contributed by atoms with E-state index in [0.717, 1.165) is 0 Å². The number of hydrogen-bond donors (Lipinski definition) is 3. The first-order chi connectivity index (χ1) is 13.0. The molecule has 0 bridgehead atoms. The van der Waals surface area contributed by atoms with Crippen LogP contribution in [-0.4, -0.2) is 94.6 Å². The van der Waals surface area contributed by atoms with Gasteiger partial charge in [0.15, 0.2) is 0 Å². The number of hydrogen-bond acceptors (Lipinski definition) is 9. The van der Waals surface area contributed by atoms with Crippen LogP contribution in [0.5, 0.6) is 17.2 Å². The number of rotatable bonds is 15. The number of aliphatic hydroxyl groups is 3. The molecule has 27 heavy (non-hydrogen) atoms. The predicted octanol–water partition coefficient (Wildman–Crippen LogP) is -0.155. The first-order valence-corrected chi connectivity index (χ1v) is 8.53. The van der Waals surface area contributed by atoms with Gasteiger partial charge in [0.2, 0.25) is 0 Å². The minimum absolute atomic E-state index is 0.0231. The molecular formula is C18H30O9. The second-order valence-electron chi connectivity index (χ2n) is 5.90. The fourth-order valence-corrected chi connectivity index (χ4v) is 2.09. The zero-order valence-corrected chi connectivity index (χ0v) is 16.0. The predicted molar refractivity (Wildman–Crippen MR) is 96.6 cm³/mol. The molecule has 0 amide bonds. The third-order valence-corrected chi connectivity index (χ3v) is 3.26. The van der Waals surface area contributed by atoms with Crippen LogP contribution in [0.2, 0.25) is 0 Å². The van der Waals surface area contributed by atoms with E-state index in [9.17, 15) is 15.3 Å². The van der Waals surface area contributed by atoms with Crippen molar-refractivity contribution in [3.05, 3.63) is 18.2 Å². The van der Waals surface area contributed by atoms with E-state index >= 15 is 0 Å². The summed E-state index contributed by atoms with van der Waals surface area (Å²) in [6.45, 7) is 0.504. The summed E-state index contributed by atoms with van der Waals surface area (Å²) < 4.78 is 31.2. The molecule has 1 rings (SSSR count). The molecule has 0 heterocycles. The molecule has 0 saturated heterocycles. The summed E-state index contributed by atoms with van der Waals surface area (Å²) in [7, 11) is 4.46. The molecule has 0 aliphatic carbocycles. The first-order valence-electron chi connectivity index (χ1n) is 8.53. The van der Waals surface area contributed by atoms with Crippen LogP contribution in [0.3, 0.4) is 0 Å². The molecular weight excluding hydrogens is 360 g/mol. The third kappa shape index (κ3) is 10.3. The van der Waals surface area contributed by atoms with Crippen molar-refractivity contribution in [2.24, 2.45) is 0 Å². The molecule has 0 spiro atoms. The Morgan fingerprint density at radius 1 is 0.556 bits per heavy atom. The zero-order chi connectivity index (χ0) is 20.1. The number of aliphatic hydroxyl groups excluding tert-OH is 3. The highest BCUT2D eigenvalue weighted by atomic mass is 16.5. The van der Waals surface area contributed by atoms with Gasteiger partial charge in [0.25, 0.3) is 0 Å². The highest BCUT2D eigenvalue weighted by Gasteiger charge is 2.11. The van der Waals surface area contributed by atoms with Crippen LogP contribution in [0.1, 0.15) is 0 Å². The molecule has 0 radical (unpaired) electrons. The van der Waals surface area contributed by atoms with Gasteiger partial charge in [-0.05, 0) is 0 Å². The molecule has 0 aromatic heterocycles. The molecule has 9 heteroatoms. The van der Waals surface area contributed by atoms with Gasteiger partial charge >= 0.3 is 0 Å². The largest absolute Gasteiger partial charge is 0.491 e. The Hall–Kier alpha value is -1.62. The molecule has 156 valence electrons. The maximum Gasteiger partial charge on any atom is 0.126 e. The van der Waals surface area contributed by atoms with Gasteiger partial charge in [0, 0.05) is 39.5 Å². The van der Waals surface area contributed by atoms with E-state index in [4.69, 9.17) is 28.4 Å². The van der Waals surface area contributed by atoms with Gasteiger partial charge in [-0.2, -0.15) is 0 Å². The topological polar surface area (TPSA) is 116 Å². The Bertz CT molecular complexity index is 428. The normalized spacial score (nSPS) is 14.4. The quantitative estimate of drug-likeness (QED) is 0.376. The lowest BCUT2D eigenvalue weighted by molar-refractivity contribution is 0.0288. The van der Waals surface area contributed by atoms with Gasteiger partial charge in [-0.25, -0.2) is 0 Å². The second kappa shape index (κ2) is 13.5. The van der Waals surface area contributed by atoms with Crippen LogP contribution in [0, 0.1) is 0 Å². The molecule has 0 fully saturated rings. The van der Waals surface area contributed by atoms with E-state index in [2.05, 4.69) is 0 Å². The van der Waals surface area contributed by atoms with Gasteiger partial charge in [0.1, 0.15) is 55.4 Å². The highest BCUT2D eigenvalue weighted by molar-refractivity contribution is 5.42. The zero-order valence-electron chi connectivity index (χ0n) is 16.0. The van der Waals surface area contributed by atoms with Crippen molar-refractivity contribution < 1.29 is 43.7 Å². The molecule has 1 aromatic rings. The van der Waals surface area contributed by atoms with Crippen molar-refractivity contribution in [3.63, 3.8) is 0 Å². The monoisotopic (exact) mass is 390 g/mol. The van der Waals surface area contributed by atoms with E-state index < -0.39 is 18.3 Å². The fourth-order valence-electron chi connectivity index (χ4n) is 2.09. The Morgan fingerprint density at radius 2 is 0.815 bits per heavy atom. The van der Waals surface area contributed by atoms with Gasteiger partial charge in [-0.15, -0.1) is 0 Å². The molecule has 3 N–H and O–H groups in total. The summed E-state index contributed by atoms with van der Waals surface area (Å²) in [6.07, 6.45) is -2.34. The van der Waals surface area contributed by atoms with E-state index in [0.29, 0.717) is 17.2 Å². The molecule has 1 aromatic carbocycles. The summed E-state index contributed by atoms with van der Waals surface area (Å²) in [5.74, 6) is 1.21. The summed E-state index contributed by atoms with van der Waals surface area (Å²) in [4.78, 5) is 0. The first kappa shape index (κ1) is 23.4. The number of benzene rings is 1. The molecule has 9 nitrogen and oxygen atoms in total. The second-order valence-corrected chi connectivity index (χ2v) is 5.90. The van der Waals surface area contributed by atoms with E-state index in [1.165, 1.54) is 21.3 Å². The van der Waals surface area contributed by atoms with Gasteiger partial charge in [0.05, 0.1) is 19.8 Å². The standard InChI is InChI=1S/C18H30O9/c1-22-7-13(19)10-25-16-4-17(26-11-14(20)8-23-2)6-18(5-16)27-12-15(21)9-24-3/h4-6,13-15,19-21H,7-12H2,1-3H3. The fraction of sp³-hybridized carbons (Fsp3) is 0.667. The maximum absolute atomic E-state index is 9.71. The van der Waals surface area contributed by atoms with Crippen LogP contribution in [0.15, 0.2) is 18.2 Å². The Labute approximate surface area is 159 Å². The lowest BCUT2D eigenvalue weighted by Gasteiger charge is -2.17. The molecule has 3 unspecified atom stereocenters. The lowest BCUT2D eigenvalue weighted by atomic mass is 10.3. The lowest BCUT2D eigenvalue weighted by Crippen LogP contribution is -2.24. The van der Waals surface area contributed by atoms with Crippen molar-refractivity contribution in [1.29, 1.82) is 0 Å². The van der Waals surface area contributed by atoms with E-state index in [-0.39, 0.29) is 39.6 Å². The van der Waals surface area contributed by atoms with Gasteiger partial charge < -0.3 is 43.7 Å². The summed E-state index contributed by atoms with van der Waals surface area (Å²) in [5.41, 5.74) is 0.